The first-order valence-electron chi connectivity index (χ1n) is 8.03. The number of rotatable bonds is 5. The Hall–Kier alpha value is -3.38. The summed E-state index contributed by atoms with van der Waals surface area (Å²) in [7, 11) is 1.30. The molecule has 7 heteroatoms. The highest BCUT2D eigenvalue weighted by Crippen LogP contribution is 2.20. The maximum absolute atomic E-state index is 12.5. The first kappa shape index (κ1) is 18.4. The fourth-order valence-corrected chi connectivity index (χ4v) is 2.59. The molecule has 0 bridgehead atoms. The van der Waals surface area contributed by atoms with E-state index in [1.54, 1.807) is 48.5 Å². The Bertz CT molecular complexity index is 991. The number of carbonyl (C=O) groups excluding carboxylic acids is 2. The number of esters is 1. The van der Waals surface area contributed by atoms with Crippen molar-refractivity contribution in [2.45, 2.75) is 0 Å². The van der Waals surface area contributed by atoms with Gasteiger partial charge in [-0.2, -0.15) is 0 Å². The normalized spacial score (nSPS) is 10.1. The van der Waals surface area contributed by atoms with E-state index in [1.165, 1.54) is 13.3 Å². The number of benzene rings is 2. The molecule has 0 unspecified atom stereocenters. The molecule has 0 atom stereocenters. The maximum atomic E-state index is 12.5. The molecule has 0 aliphatic carbocycles. The number of aromatic nitrogens is 1. The molecule has 0 aliphatic rings. The predicted molar refractivity (Wildman–Crippen MR) is 105 cm³/mol. The second-order valence-electron chi connectivity index (χ2n) is 5.59. The predicted octanol–water partition coefficient (Wildman–Crippen LogP) is 4.52. The van der Waals surface area contributed by atoms with Crippen LogP contribution in [0.3, 0.4) is 0 Å². The number of halogens is 1. The number of carbonyl (C=O) groups is 2. The lowest BCUT2D eigenvalue weighted by Crippen LogP contribution is -2.13. The SMILES string of the molecule is COC(=O)c1cccc(NC(=O)c2ccnc(Nc3cccc(Cl)c3)c2)c1. The van der Waals surface area contributed by atoms with Crippen molar-refractivity contribution in [3.05, 3.63) is 83.0 Å². The standard InChI is InChI=1S/C20H16ClN3O3/c1-27-20(26)14-4-2-6-16(10-14)24-19(25)13-8-9-22-18(11-13)23-17-7-3-5-15(21)12-17/h2-12H,1H3,(H,22,23)(H,24,25). The van der Waals surface area contributed by atoms with Gasteiger partial charge in [0.2, 0.25) is 0 Å². The molecule has 3 rings (SSSR count). The van der Waals surface area contributed by atoms with Crippen molar-refractivity contribution in [2.24, 2.45) is 0 Å². The van der Waals surface area contributed by atoms with Crippen molar-refractivity contribution in [3.8, 4) is 0 Å². The minimum absolute atomic E-state index is 0.325. The average Bonchev–Trinajstić information content (AvgIpc) is 2.68. The van der Waals surface area contributed by atoms with E-state index in [0.717, 1.165) is 5.69 Å². The third-order valence-corrected chi connectivity index (χ3v) is 3.90. The smallest absolute Gasteiger partial charge is 0.337 e. The van der Waals surface area contributed by atoms with Crippen molar-refractivity contribution < 1.29 is 14.3 Å². The fourth-order valence-electron chi connectivity index (χ4n) is 2.40. The molecule has 2 aromatic carbocycles. The Morgan fingerprint density at radius 2 is 1.74 bits per heavy atom. The van der Waals surface area contributed by atoms with Gasteiger partial charge in [-0.25, -0.2) is 9.78 Å². The monoisotopic (exact) mass is 381 g/mol. The van der Waals surface area contributed by atoms with Gasteiger partial charge >= 0.3 is 5.97 Å². The number of hydrogen-bond acceptors (Lipinski definition) is 5. The van der Waals surface area contributed by atoms with E-state index in [9.17, 15) is 9.59 Å². The molecule has 0 fully saturated rings. The molecule has 27 heavy (non-hydrogen) atoms. The summed E-state index contributed by atoms with van der Waals surface area (Å²) in [6.45, 7) is 0. The minimum Gasteiger partial charge on any atom is -0.465 e. The molecular formula is C20H16ClN3O3. The number of nitrogens with one attached hydrogen (secondary N) is 2. The Labute approximate surface area is 161 Å². The van der Waals surface area contributed by atoms with Crippen LogP contribution in [0.4, 0.5) is 17.2 Å². The van der Waals surface area contributed by atoms with Gasteiger partial charge in [-0.3, -0.25) is 4.79 Å². The van der Waals surface area contributed by atoms with Gasteiger partial charge in [0.15, 0.2) is 0 Å². The van der Waals surface area contributed by atoms with Crippen molar-refractivity contribution in [3.63, 3.8) is 0 Å². The quantitative estimate of drug-likeness (QED) is 0.635. The summed E-state index contributed by atoms with van der Waals surface area (Å²) < 4.78 is 4.68. The van der Waals surface area contributed by atoms with E-state index in [-0.39, 0.29) is 5.91 Å². The lowest BCUT2D eigenvalue weighted by atomic mass is 10.2. The molecule has 0 spiro atoms. The summed E-state index contributed by atoms with van der Waals surface area (Å²) in [4.78, 5) is 28.3. The van der Waals surface area contributed by atoms with Gasteiger partial charge in [0.05, 0.1) is 12.7 Å². The summed E-state index contributed by atoms with van der Waals surface area (Å²) in [5.74, 6) is -0.287. The molecule has 3 aromatic rings. The number of hydrogen-bond donors (Lipinski definition) is 2. The number of amides is 1. The second kappa shape index (κ2) is 8.33. The van der Waals surface area contributed by atoms with Crippen LogP contribution < -0.4 is 10.6 Å². The van der Waals surface area contributed by atoms with Crippen LogP contribution in [-0.4, -0.2) is 24.0 Å². The Balaban J connectivity index is 1.75. The second-order valence-corrected chi connectivity index (χ2v) is 6.03. The zero-order chi connectivity index (χ0) is 19.2. The van der Waals surface area contributed by atoms with E-state index >= 15 is 0 Å². The molecule has 0 aliphatic heterocycles. The van der Waals surface area contributed by atoms with Crippen molar-refractivity contribution in [2.75, 3.05) is 17.7 Å². The Kier molecular flexibility index (Phi) is 5.68. The highest BCUT2D eigenvalue weighted by Gasteiger charge is 2.10. The van der Waals surface area contributed by atoms with E-state index in [2.05, 4.69) is 20.4 Å². The van der Waals surface area contributed by atoms with Gasteiger partial charge in [-0.1, -0.05) is 23.7 Å². The highest BCUT2D eigenvalue weighted by molar-refractivity contribution is 6.30. The molecule has 0 radical (unpaired) electrons. The van der Waals surface area contributed by atoms with E-state index in [4.69, 9.17) is 11.6 Å². The van der Waals surface area contributed by atoms with Crippen LogP contribution in [0.1, 0.15) is 20.7 Å². The van der Waals surface area contributed by atoms with Crippen LogP contribution in [0.2, 0.25) is 5.02 Å². The van der Waals surface area contributed by atoms with Gasteiger partial charge in [-0.15, -0.1) is 0 Å². The van der Waals surface area contributed by atoms with Gasteiger partial charge in [0.25, 0.3) is 5.91 Å². The van der Waals surface area contributed by atoms with E-state index in [0.29, 0.717) is 27.7 Å². The van der Waals surface area contributed by atoms with E-state index < -0.39 is 5.97 Å². The average molecular weight is 382 g/mol. The molecule has 2 N–H and O–H groups in total. The Morgan fingerprint density at radius 1 is 0.963 bits per heavy atom. The molecule has 1 amide bonds. The molecule has 0 saturated heterocycles. The minimum atomic E-state index is -0.469. The van der Waals surface area contributed by atoms with Crippen LogP contribution in [0.15, 0.2) is 66.9 Å². The number of methoxy groups -OCH3 is 1. The van der Waals surface area contributed by atoms with Crippen molar-refractivity contribution >= 4 is 40.7 Å². The molecule has 136 valence electrons. The van der Waals surface area contributed by atoms with Gasteiger partial charge in [0.1, 0.15) is 5.82 Å². The van der Waals surface area contributed by atoms with Crippen LogP contribution in [0.25, 0.3) is 0 Å². The largest absolute Gasteiger partial charge is 0.465 e. The van der Waals surface area contributed by atoms with Crippen LogP contribution in [0.5, 0.6) is 0 Å². The first-order chi connectivity index (χ1) is 13.0. The lowest BCUT2D eigenvalue weighted by molar-refractivity contribution is 0.0600. The van der Waals surface area contributed by atoms with Crippen molar-refractivity contribution in [1.82, 2.24) is 4.98 Å². The number of ether oxygens (including phenoxy) is 1. The van der Waals surface area contributed by atoms with Gasteiger partial charge < -0.3 is 15.4 Å². The summed E-state index contributed by atoms with van der Waals surface area (Å²) in [5.41, 5.74) is 2.02. The van der Waals surface area contributed by atoms with Crippen molar-refractivity contribution in [1.29, 1.82) is 0 Å². The third-order valence-electron chi connectivity index (χ3n) is 3.66. The molecular weight excluding hydrogens is 366 g/mol. The summed E-state index contributed by atoms with van der Waals surface area (Å²) >= 11 is 5.97. The van der Waals surface area contributed by atoms with Crippen LogP contribution >= 0.6 is 11.6 Å². The van der Waals surface area contributed by atoms with Crippen LogP contribution in [-0.2, 0) is 4.74 Å². The summed E-state index contributed by atoms with van der Waals surface area (Å²) in [6, 6.07) is 16.9. The fraction of sp³-hybridized carbons (Fsp3) is 0.0500. The topological polar surface area (TPSA) is 80.3 Å². The summed E-state index contributed by atoms with van der Waals surface area (Å²) in [5, 5.41) is 6.45. The number of anilines is 3. The number of pyridine rings is 1. The number of nitrogens with zero attached hydrogens (tertiary/aromatic N) is 1. The zero-order valence-corrected chi connectivity index (χ0v) is 15.2. The first-order valence-corrected chi connectivity index (χ1v) is 8.41. The maximum Gasteiger partial charge on any atom is 0.337 e. The van der Waals surface area contributed by atoms with Gasteiger partial charge in [0, 0.05) is 28.2 Å². The van der Waals surface area contributed by atoms with E-state index in [1.807, 2.05) is 12.1 Å². The lowest BCUT2D eigenvalue weighted by Gasteiger charge is -2.09. The third kappa shape index (κ3) is 4.83. The summed E-state index contributed by atoms with van der Waals surface area (Å²) in [6.07, 6.45) is 1.53. The highest BCUT2D eigenvalue weighted by atomic mass is 35.5. The zero-order valence-electron chi connectivity index (χ0n) is 14.4. The van der Waals surface area contributed by atoms with Crippen LogP contribution in [0, 0.1) is 0 Å². The molecule has 1 heterocycles. The Morgan fingerprint density at radius 3 is 2.52 bits per heavy atom. The van der Waals surface area contributed by atoms with Gasteiger partial charge in [-0.05, 0) is 48.5 Å². The molecule has 6 nitrogen and oxygen atoms in total. The molecule has 0 saturated carbocycles. The molecule has 1 aromatic heterocycles.